The van der Waals surface area contributed by atoms with Gasteiger partial charge in [-0.2, -0.15) is 0 Å². The third-order valence-corrected chi connectivity index (χ3v) is 6.59. The molecule has 1 fully saturated rings. The average Bonchev–Trinajstić information content (AvgIpc) is 3.39. The predicted octanol–water partition coefficient (Wildman–Crippen LogP) is 3.79. The fourth-order valence-electron chi connectivity index (χ4n) is 4.21. The van der Waals surface area contributed by atoms with Gasteiger partial charge in [0.1, 0.15) is 18.2 Å². The standard InChI is InChI=1S/C22H30N4O2S/c1-3-23-21(25-14-20-24-13-16(2)29-20)26-15-22(8-4-5-9-22)17-6-7-18-19(12-17)28-11-10-27-18/h6-7,12-13H,3-5,8-11,14-15H2,1-2H3,(H2,23,25,26). The van der Waals surface area contributed by atoms with Crippen LogP contribution in [0.1, 0.15) is 48.1 Å². The third kappa shape index (κ3) is 4.66. The number of guanidine groups is 1. The molecule has 1 aliphatic carbocycles. The number of nitrogens with zero attached hydrogens (tertiary/aromatic N) is 2. The lowest BCUT2D eigenvalue weighted by atomic mass is 9.78. The van der Waals surface area contributed by atoms with Crippen molar-refractivity contribution in [2.45, 2.75) is 51.5 Å². The number of aromatic nitrogens is 1. The van der Waals surface area contributed by atoms with Crippen molar-refractivity contribution in [2.24, 2.45) is 4.99 Å². The summed E-state index contributed by atoms with van der Waals surface area (Å²) < 4.78 is 11.5. The molecule has 0 bridgehead atoms. The summed E-state index contributed by atoms with van der Waals surface area (Å²) in [5.41, 5.74) is 1.43. The molecule has 29 heavy (non-hydrogen) atoms. The van der Waals surface area contributed by atoms with Gasteiger partial charge in [-0.3, -0.25) is 0 Å². The molecule has 1 aromatic heterocycles. The highest BCUT2D eigenvalue weighted by molar-refractivity contribution is 7.11. The maximum absolute atomic E-state index is 5.84. The van der Waals surface area contributed by atoms with Gasteiger partial charge in [0.05, 0.1) is 6.54 Å². The second-order valence-electron chi connectivity index (χ2n) is 7.76. The fourth-order valence-corrected chi connectivity index (χ4v) is 4.92. The Morgan fingerprint density at radius 3 is 2.69 bits per heavy atom. The molecule has 0 saturated heterocycles. The number of fused-ring (bicyclic) bond motifs is 1. The highest BCUT2D eigenvalue weighted by Crippen LogP contribution is 2.43. The number of rotatable bonds is 6. The largest absolute Gasteiger partial charge is 0.486 e. The van der Waals surface area contributed by atoms with Crippen LogP contribution in [0.2, 0.25) is 0 Å². The first-order chi connectivity index (χ1) is 14.2. The predicted molar refractivity (Wildman–Crippen MR) is 117 cm³/mol. The smallest absolute Gasteiger partial charge is 0.191 e. The molecule has 1 aromatic carbocycles. The molecular formula is C22H30N4O2S. The van der Waals surface area contributed by atoms with Crippen LogP contribution >= 0.6 is 11.3 Å². The fraction of sp³-hybridized carbons (Fsp3) is 0.545. The van der Waals surface area contributed by atoms with Crippen LogP contribution in [0.4, 0.5) is 0 Å². The molecule has 0 radical (unpaired) electrons. The van der Waals surface area contributed by atoms with Gasteiger partial charge in [-0.25, -0.2) is 9.98 Å². The third-order valence-electron chi connectivity index (χ3n) is 5.70. The highest BCUT2D eigenvalue weighted by Gasteiger charge is 2.36. The van der Waals surface area contributed by atoms with E-state index in [9.17, 15) is 0 Å². The normalized spacial score (nSPS) is 17.9. The second kappa shape index (κ2) is 9.03. The molecule has 0 unspecified atom stereocenters. The summed E-state index contributed by atoms with van der Waals surface area (Å²) in [6.07, 6.45) is 6.76. The minimum atomic E-state index is 0.101. The monoisotopic (exact) mass is 414 g/mol. The van der Waals surface area contributed by atoms with Crippen LogP contribution in [0.5, 0.6) is 11.5 Å². The summed E-state index contributed by atoms with van der Waals surface area (Å²) in [4.78, 5) is 10.4. The van der Waals surface area contributed by atoms with E-state index in [1.54, 1.807) is 11.3 Å². The van der Waals surface area contributed by atoms with E-state index in [1.807, 2.05) is 6.20 Å². The summed E-state index contributed by atoms with van der Waals surface area (Å²) >= 11 is 1.70. The van der Waals surface area contributed by atoms with Crippen molar-refractivity contribution in [3.63, 3.8) is 0 Å². The Hall–Kier alpha value is -2.28. The molecule has 156 valence electrons. The zero-order valence-electron chi connectivity index (χ0n) is 17.3. The first-order valence-electron chi connectivity index (χ1n) is 10.5. The molecule has 6 nitrogen and oxygen atoms in total. The first kappa shape index (κ1) is 20.0. The van der Waals surface area contributed by atoms with Crippen molar-refractivity contribution >= 4 is 17.3 Å². The van der Waals surface area contributed by atoms with Crippen molar-refractivity contribution in [2.75, 3.05) is 26.3 Å². The van der Waals surface area contributed by atoms with E-state index in [1.165, 1.54) is 36.1 Å². The van der Waals surface area contributed by atoms with E-state index in [4.69, 9.17) is 14.5 Å². The van der Waals surface area contributed by atoms with E-state index in [2.05, 4.69) is 47.7 Å². The maximum atomic E-state index is 5.84. The molecule has 1 aliphatic heterocycles. The van der Waals surface area contributed by atoms with Crippen LogP contribution in [-0.2, 0) is 12.0 Å². The summed E-state index contributed by atoms with van der Waals surface area (Å²) in [7, 11) is 0. The van der Waals surface area contributed by atoms with Crippen molar-refractivity contribution in [1.82, 2.24) is 15.6 Å². The maximum Gasteiger partial charge on any atom is 0.191 e. The van der Waals surface area contributed by atoms with Crippen LogP contribution in [0.25, 0.3) is 0 Å². The summed E-state index contributed by atoms with van der Waals surface area (Å²) in [6, 6.07) is 6.46. The van der Waals surface area contributed by atoms with Crippen LogP contribution < -0.4 is 20.1 Å². The molecule has 2 aromatic rings. The van der Waals surface area contributed by atoms with Crippen LogP contribution in [0, 0.1) is 6.92 Å². The second-order valence-corrected chi connectivity index (χ2v) is 9.08. The molecule has 2 N–H and O–H groups in total. The Bertz CT molecular complexity index is 858. The molecule has 0 amide bonds. The van der Waals surface area contributed by atoms with E-state index in [-0.39, 0.29) is 5.41 Å². The van der Waals surface area contributed by atoms with E-state index in [0.29, 0.717) is 19.8 Å². The van der Waals surface area contributed by atoms with Crippen LogP contribution in [-0.4, -0.2) is 37.2 Å². The van der Waals surface area contributed by atoms with E-state index >= 15 is 0 Å². The molecule has 0 spiro atoms. The quantitative estimate of drug-likeness (QED) is 0.556. The van der Waals surface area contributed by atoms with Crippen LogP contribution in [0.3, 0.4) is 0 Å². The Balaban J connectivity index is 1.49. The Labute approximate surface area is 176 Å². The molecule has 2 heterocycles. The molecule has 7 heteroatoms. The lowest BCUT2D eigenvalue weighted by Crippen LogP contribution is -2.44. The number of aryl methyl sites for hydroxylation is 1. The summed E-state index contributed by atoms with van der Waals surface area (Å²) in [6.45, 7) is 7.71. The molecule has 2 aliphatic rings. The van der Waals surface area contributed by atoms with Gasteiger partial charge in [-0.05, 0) is 44.4 Å². The van der Waals surface area contributed by atoms with Gasteiger partial charge in [0, 0.05) is 29.6 Å². The number of nitrogens with one attached hydrogen (secondary N) is 2. The number of ether oxygens (including phenoxy) is 2. The van der Waals surface area contributed by atoms with Crippen molar-refractivity contribution < 1.29 is 9.47 Å². The van der Waals surface area contributed by atoms with Gasteiger partial charge in [0.25, 0.3) is 0 Å². The topological polar surface area (TPSA) is 67.8 Å². The van der Waals surface area contributed by atoms with Crippen LogP contribution in [0.15, 0.2) is 29.4 Å². The summed E-state index contributed by atoms with van der Waals surface area (Å²) in [5, 5.41) is 8.02. The van der Waals surface area contributed by atoms with Gasteiger partial charge in [0.2, 0.25) is 0 Å². The van der Waals surface area contributed by atoms with Gasteiger partial charge in [0.15, 0.2) is 17.5 Å². The molecule has 0 atom stereocenters. The zero-order valence-corrected chi connectivity index (χ0v) is 18.1. The Kier molecular flexibility index (Phi) is 6.23. The van der Waals surface area contributed by atoms with E-state index in [0.717, 1.165) is 35.6 Å². The van der Waals surface area contributed by atoms with Crippen molar-refractivity contribution in [3.8, 4) is 11.5 Å². The minimum absolute atomic E-state index is 0.101. The lowest BCUT2D eigenvalue weighted by Gasteiger charge is -2.32. The van der Waals surface area contributed by atoms with Gasteiger partial charge < -0.3 is 20.1 Å². The average molecular weight is 415 g/mol. The Morgan fingerprint density at radius 1 is 1.17 bits per heavy atom. The molecular weight excluding hydrogens is 384 g/mol. The SMILES string of the molecule is CCNC(=NCc1ncc(C)s1)NCC1(c2ccc3c(c2)OCCO3)CCCC1. The van der Waals surface area contributed by atoms with Crippen molar-refractivity contribution in [1.29, 1.82) is 0 Å². The molecule has 4 rings (SSSR count). The minimum Gasteiger partial charge on any atom is -0.486 e. The highest BCUT2D eigenvalue weighted by atomic mass is 32.1. The number of hydrogen-bond donors (Lipinski definition) is 2. The zero-order chi connectivity index (χ0) is 20.1. The van der Waals surface area contributed by atoms with Gasteiger partial charge in [-0.1, -0.05) is 18.9 Å². The van der Waals surface area contributed by atoms with Gasteiger partial charge >= 0.3 is 0 Å². The van der Waals surface area contributed by atoms with Crippen molar-refractivity contribution in [3.05, 3.63) is 39.8 Å². The van der Waals surface area contributed by atoms with E-state index < -0.39 is 0 Å². The Morgan fingerprint density at radius 2 is 1.97 bits per heavy atom. The number of hydrogen-bond acceptors (Lipinski definition) is 5. The number of aliphatic imine (C=N–C) groups is 1. The number of benzene rings is 1. The van der Waals surface area contributed by atoms with Gasteiger partial charge in [-0.15, -0.1) is 11.3 Å². The number of thiazole rings is 1. The summed E-state index contributed by atoms with van der Waals surface area (Å²) in [5.74, 6) is 2.58. The lowest BCUT2D eigenvalue weighted by molar-refractivity contribution is 0.171. The molecule has 1 saturated carbocycles. The first-order valence-corrected chi connectivity index (χ1v) is 11.3.